The molecule has 0 fully saturated rings. The van der Waals surface area contributed by atoms with Crippen LogP contribution in [0.2, 0.25) is 5.02 Å². The van der Waals surface area contributed by atoms with E-state index >= 15 is 0 Å². The number of hydrogen-bond acceptors (Lipinski definition) is 4. The van der Waals surface area contributed by atoms with Crippen molar-refractivity contribution in [2.45, 2.75) is 64.1 Å². The molecule has 0 aliphatic rings. The van der Waals surface area contributed by atoms with E-state index in [4.69, 9.17) is 11.6 Å². The van der Waals surface area contributed by atoms with E-state index in [1.165, 1.54) is 17.0 Å². The molecule has 0 spiro atoms. The van der Waals surface area contributed by atoms with Crippen molar-refractivity contribution >= 4 is 39.1 Å². The first-order valence-electron chi connectivity index (χ1n) is 15.0. The van der Waals surface area contributed by atoms with Gasteiger partial charge in [0.25, 0.3) is 10.0 Å². The van der Waals surface area contributed by atoms with E-state index < -0.39 is 28.5 Å². The standard InChI is InChI=1S/C36H40ClN3O4S/c1-5-28(4)38-36(42)34(23-29-13-8-6-9-14-29)39(24-30-15-12-16-31(37)22-30)35(41)25-40(32-20-19-26(2)27(3)21-32)45(43,44)33-17-10-7-11-18-33/h6-22,28,34H,5,23-25H2,1-4H3,(H,38,42)/t28-,34+/m0/s1. The summed E-state index contributed by atoms with van der Waals surface area (Å²) < 4.78 is 29.4. The van der Waals surface area contributed by atoms with Crippen LogP contribution in [0, 0.1) is 13.8 Å². The highest BCUT2D eigenvalue weighted by atomic mass is 35.5. The van der Waals surface area contributed by atoms with Crippen molar-refractivity contribution in [3.63, 3.8) is 0 Å². The van der Waals surface area contributed by atoms with Gasteiger partial charge in [-0.2, -0.15) is 0 Å². The lowest BCUT2D eigenvalue weighted by Gasteiger charge is -2.34. The van der Waals surface area contributed by atoms with Gasteiger partial charge in [0.2, 0.25) is 11.8 Å². The van der Waals surface area contributed by atoms with Gasteiger partial charge in [-0.1, -0.05) is 85.3 Å². The summed E-state index contributed by atoms with van der Waals surface area (Å²) in [5.41, 5.74) is 3.83. The Labute approximate surface area is 271 Å². The maximum Gasteiger partial charge on any atom is 0.264 e. The second-order valence-corrected chi connectivity index (χ2v) is 13.6. The zero-order valence-electron chi connectivity index (χ0n) is 26.1. The highest BCUT2D eigenvalue weighted by Crippen LogP contribution is 2.27. The third-order valence-electron chi connectivity index (χ3n) is 7.90. The molecule has 7 nitrogen and oxygen atoms in total. The number of aryl methyl sites for hydroxylation is 2. The lowest BCUT2D eigenvalue weighted by molar-refractivity contribution is -0.140. The molecule has 0 radical (unpaired) electrons. The smallest absolute Gasteiger partial charge is 0.264 e. The molecule has 0 saturated carbocycles. The van der Waals surface area contributed by atoms with Crippen LogP contribution in [0.1, 0.15) is 42.5 Å². The molecule has 1 N–H and O–H groups in total. The fourth-order valence-electron chi connectivity index (χ4n) is 4.96. The van der Waals surface area contributed by atoms with Crippen LogP contribution in [0.5, 0.6) is 0 Å². The van der Waals surface area contributed by atoms with Crippen molar-refractivity contribution in [2.24, 2.45) is 0 Å². The van der Waals surface area contributed by atoms with Crippen LogP contribution in [-0.4, -0.2) is 43.8 Å². The first-order chi connectivity index (χ1) is 21.5. The van der Waals surface area contributed by atoms with Gasteiger partial charge in [-0.25, -0.2) is 8.42 Å². The van der Waals surface area contributed by atoms with Crippen molar-refractivity contribution in [1.29, 1.82) is 0 Å². The Balaban J connectivity index is 1.82. The molecule has 0 unspecified atom stereocenters. The first kappa shape index (κ1) is 33.7. The normalized spacial score (nSPS) is 12.6. The number of halogens is 1. The molecule has 4 aromatic carbocycles. The van der Waals surface area contributed by atoms with Gasteiger partial charge in [-0.3, -0.25) is 13.9 Å². The van der Waals surface area contributed by atoms with Crippen LogP contribution in [-0.2, 0) is 32.6 Å². The van der Waals surface area contributed by atoms with Gasteiger partial charge in [0, 0.05) is 24.0 Å². The van der Waals surface area contributed by atoms with Gasteiger partial charge < -0.3 is 10.2 Å². The minimum Gasteiger partial charge on any atom is -0.352 e. The Morgan fingerprint density at radius 3 is 2.09 bits per heavy atom. The van der Waals surface area contributed by atoms with Gasteiger partial charge in [-0.05, 0) is 85.8 Å². The zero-order chi connectivity index (χ0) is 32.6. The molecule has 0 aromatic heterocycles. The van der Waals surface area contributed by atoms with Crippen LogP contribution in [0.15, 0.2) is 108 Å². The first-order valence-corrected chi connectivity index (χ1v) is 16.8. The van der Waals surface area contributed by atoms with Crippen molar-refractivity contribution in [2.75, 3.05) is 10.8 Å². The van der Waals surface area contributed by atoms with E-state index in [9.17, 15) is 18.0 Å². The molecule has 4 aromatic rings. The molecule has 0 bridgehead atoms. The summed E-state index contributed by atoms with van der Waals surface area (Å²) in [6.07, 6.45) is 0.951. The molecule has 0 aliphatic carbocycles. The Kier molecular flexibility index (Phi) is 11.4. The Bertz CT molecular complexity index is 1720. The van der Waals surface area contributed by atoms with Crippen LogP contribution >= 0.6 is 11.6 Å². The molecule has 0 saturated heterocycles. The molecule has 0 heterocycles. The topological polar surface area (TPSA) is 86.8 Å². The summed E-state index contributed by atoms with van der Waals surface area (Å²) in [6.45, 7) is 7.27. The highest BCUT2D eigenvalue weighted by Gasteiger charge is 2.35. The molecule has 45 heavy (non-hydrogen) atoms. The minimum absolute atomic E-state index is 0.0525. The molecule has 0 aliphatic heterocycles. The SMILES string of the molecule is CC[C@H](C)NC(=O)[C@@H](Cc1ccccc1)N(Cc1cccc(Cl)c1)C(=O)CN(c1ccc(C)c(C)c1)S(=O)(=O)c1ccccc1. The van der Waals surface area contributed by atoms with Crippen LogP contribution in [0.4, 0.5) is 5.69 Å². The lowest BCUT2D eigenvalue weighted by Crippen LogP contribution is -2.54. The van der Waals surface area contributed by atoms with Crippen LogP contribution in [0.3, 0.4) is 0 Å². The van der Waals surface area contributed by atoms with E-state index in [1.807, 2.05) is 70.2 Å². The minimum atomic E-state index is -4.16. The molecular formula is C36H40ClN3O4S. The Morgan fingerprint density at radius 2 is 1.47 bits per heavy atom. The van der Waals surface area contributed by atoms with E-state index in [0.29, 0.717) is 22.7 Å². The predicted molar refractivity (Wildman–Crippen MR) is 181 cm³/mol. The highest BCUT2D eigenvalue weighted by molar-refractivity contribution is 7.92. The van der Waals surface area contributed by atoms with E-state index in [0.717, 1.165) is 21.0 Å². The van der Waals surface area contributed by atoms with Gasteiger partial charge in [0.05, 0.1) is 10.6 Å². The molecular weight excluding hydrogens is 606 g/mol. The van der Waals surface area contributed by atoms with Crippen molar-refractivity contribution in [3.05, 3.63) is 130 Å². The average Bonchev–Trinajstić information content (AvgIpc) is 3.03. The molecule has 4 rings (SSSR count). The number of nitrogens with zero attached hydrogens (tertiary/aromatic N) is 2. The van der Waals surface area contributed by atoms with Crippen molar-refractivity contribution < 1.29 is 18.0 Å². The maximum atomic E-state index is 14.5. The zero-order valence-corrected chi connectivity index (χ0v) is 27.7. The Hall–Kier alpha value is -4.14. The summed E-state index contributed by atoms with van der Waals surface area (Å²) in [7, 11) is -4.16. The number of carbonyl (C=O) groups is 2. The summed E-state index contributed by atoms with van der Waals surface area (Å²) in [5.74, 6) is -0.833. The van der Waals surface area contributed by atoms with Crippen LogP contribution < -0.4 is 9.62 Å². The number of anilines is 1. The number of sulfonamides is 1. The van der Waals surface area contributed by atoms with Gasteiger partial charge in [0.15, 0.2) is 0 Å². The summed E-state index contributed by atoms with van der Waals surface area (Å²) in [6, 6.07) is 28.9. The van der Waals surface area contributed by atoms with E-state index in [-0.39, 0.29) is 29.8 Å². The quantitative estimate of drug-likeness (QED) is 0.175. The van der Waals surface area contributed by atoms with Gasteiger partial charge in [0.1, 0.15) is 12.6 Å². The van der Waals surface area contributed by atoms with E-state index in [1.54, 1.807) is 48.5 Å². The fraction of sp³-hybridized carbons (Fsp3) is 0.278. The number of amides is 2. The van der Waals surface area contributed by atoms with Gasteiger partial charge in [-0.15, -0.1) is 0 Å². The van der Waals surface area contributed by atoms with Gasteiger partial charge >= 0.3 is 0 Å². The number of benzene rings is 4. The number of hydrogen-bond donors (Lipinski definition) is 1. The largest absolute Gasteiger partial charge is 0.352 e. The number of rotatable bonds is 13. The number of carbonyl (C=O) groups excluding carboxylic acids is 2. The lowest BCUT2D eigenvalue weighted by atomic mass is 10.0. The summed E-state index contributed by atoms with van der Waals surface area (Å²) in [5, 5.41) is 3.54. The second-order valence-electron chi connectivity index (χ2n) is 11.3. The van der Waals surface area contributed by atoms with Crippen molar-refractivity contribution in [1.82, 2.24) is 10.2 Å². The monoisotopic (exact) mass is 645 g/mol. The summed E-state index contributed by atoms with van der Waals surface area (Å²) in [4.78, 5) is 30.0. The maximum absolute atomic E-state index is 14.5. The predicted octanol–water partition coefficient (Wildman–Crippen LogP) is 6.71. The Morgan fingerprint density at radius 1 is 0.822 bits per heavy atom. The molecule has 2 amide bonds. The average molecular weight is 646 g/mol. The van der Waals surface area contributed by atoms with Crippen LogP contribution in [0.25, 0.3) is 0 Å². The third kappa shape index (κ3) is 8.74. The van der Waals surface area contributed by atoms with E-state index in [2.05, 4.69) is 5.32 Å². The summed E-state index contributed by atoms with van der Waals surface area (Å²) >= 11 is 6.32. The molecule has 2 atom stereocenters. The molecule has 9 heteroatoms. The second kappa shape index (κ2) is 15.2. The molecule has 236 valence electrons. The van der Waals surface area contributed by atoms with Crippen molar-refractivity contribution in [3.8, 4) is 0 Å². The third-order valence-corrected chi connectivity index (χ3v) is 9.93. The number of nitrogens with one attached hydrogen (secondary N) is 1. The fourth-order valence-corrected chi connectivity index (χ4v) is 6.60.